The van der Waals surface area contributed by atoms with Crippen molar-refractivity contribution >= 4 is 0 Å². The summed E-state index contributed by atoms with van der Waals surface area (Å²) < 4.78 is 0. The topological polar surface area (TPSA) is 0 Å². The first-order chi connectivity index (χ1) is 6.00. The Morgan fingerprint density at radius 1 is 0.500 bits per heavy atom. The van der Waals surface area contributed by atoms with Gasteiger partial charge in [-0.1, -0.05) is 50.0 Å². The SMILES string of the molecule is C1=CCCCCCCCCC=C1. The molecule has 0 unspecified atom stereocenters. The molecule has 0 N–H and O–H groups in total. The molecule has 0 saturated heterocycles. The molecular formula is C12H20. The molecule has 0 saturated carbocycles. The second kappa shape index (κ2) is 7.15. The molecule has 1 rings (SSSR count). The van der Waals surface area contributed by atoms with E-state index < -0.39 is 0 Å². The van der Waals surface area contributed by atoms with Crippen LogP contribution in [0.4, 0.5) is 0 Å². The van der Waals surface area contributed by atoms with Crippen LogP contribution in [0.5, 0.6) is 0 Å². The molecule has 0 aromatic heterocycles. The fourth-order valence-corrected chi connectivity index (χ4v) is 1.58. The molecule has 0 aromatic carbocycles. The summed E-state index contributed by atoms with van der Waals surface area (Å²) in [5, 5.41) is 0. The van der Waals surface area contributed by atoms with Gasteiger partial charge in [0.2, 0.25) is 0 Å². The van der Waals surface area contributed by atoms with Crippen LogP contribution in [-0.2, 0) is 0 Å². The molecule has 0 atom stereocenters. The first-order valence-corrected chi connectivity index (χ1v) is 5.32. The van der Waals surface area contributed by atoms with E-state index in [0.717, 1.165) is 0 Å². The third-order valence-corrected chi connectivity index (χ3v) is 2.37. The maximum Gasteiger partial charge on any atom is -0.0348 e. The van der Waals surface area contributed by atoms with Gasteiger partial charge in [-0.3, -0.25) is 0 Å². The largest absolute Gasteiger partial charge is 0.0845 e. The van der Waals surface area contributed by atoms with Gasteiger partial charge in [0.15, 0.2) is 0 Å². The van der Waals surface area contributed by atoms with Crippen LogP contribution in [0.15, 0.2) is 24.3 Å². The van der Waals surface area contributed by atoms with Crippen LogP contribution in [0.1, 0.15) is 51.4 Å². The molecule has 68 valence electrons. The summed E-state index contributed by atoms with van der Waals surface area (Å²) in [4.78, 5) is 0. The molecule has 12 heavy (non-hydrogen) atoms. The Bertz CT molecular complexity index is 124. The van der Waals surface area contributed by atoms with Gasteiger partial charge in [0.1, 0.15) is 0 Å². The molecular weight excluding hydrogens is 144 g/mol. The van der Waals surface area contributed by atoms with E-state index in [0.29, 0.717) is 0 Å². The van der Waals surface area contributed by atoms with E-state index in [1.807, 2.05) is 0 Å². The zero-order valence-electron chi connectivity index (χ0n) is 7.97. The molecule has 0 amide bonds. The molecule has 1 aliphatic carbocycles. The van der Waals surface area contributed by atoms with Crippen molar-refractivity contribution in [3.63, 3.8) is 0 Å². The van der Waals surface area contributed by atoms with Crippen molar-refractivity contribution in [1.29, 1.82) is 0 Å². The van der Waals surface area contributed by atoms with Gasteiger partial charge < -0.3 is 0 Å². The summed E-state index contributed by atoms with van der Waals surface area (Å²) in [6.07, 6.45) is 20.0. The fraction of sp³-hybridized carbons (Fsp3) is 0.667. The third kappa shape index (κ3) is 5.17. The van der Waals surface area contributed by atoms with Gasteiger partial charge in [-0.05, 0) is 25.7 Å². The average molecular weight is 164 g/mol. The van der Waals surface area contributed by atoms with Gasteiger partial charge in [-0.25, -0.2) is 0 Å². The van der Waals surface area contributed by atoms with E-state index in [4.69, 9.17) is 0 Å². The van der Waals surface area contributed by atoms with Gasteiger partial charge in [0.25, 0.3) is 0 Å². The lowest BCUT2D eigenvalue weighted by atomic mass is 10.1. The molecule has 1 aliphatic rings. The van der Waals surface area contributed by atoms with Crippen LogP contribution in [0.3, 0.4) is 0 Å². The summed E-state index contributed by atoms with van der Waals surface area (Å²) in [6, 6.07) is 0. The van der Waals surface area contributed by atoms with Crippen LogP contribution < -0.4 is 0 Å². The van der Waals surface area contributed by atoms with Crippen molar-refractivity contribution in [1.82, 2.24) is 0 Å². The maximum absolute atomic E-state index is 2.29. The number of rotatable bonds is 0. The molecule has 0 aromatic rings. The highest BCUT2D eigenvalue weighted by atomic mass is 14.0. The first-order valence-electron chi connectivity index (χ1n) is 5.32. The number of allylic oxidation sites excluding steroid dienone is 4. The minimum Gasteiger partial charge on any atom is -0.0845 e. The molecule has 0 heterocycles. The summed E-state index contributed by atoms with van der Waals surface area (Å²) in [5.74, 6) is 0. The number of hydrogen-bond donors (Lipinski definition) is 0. The highest BCUT2D eigenvalue weighted by molar-refractivity contribution is 5.02. The van der Waals surface area contributed by atoms with Crippen LogP contribution >= 0.6 is 0 Å². The molecule has 0 bridgehead atoms. The standard InChI is InChI=1S/C12H20/c1-2-4-6-8-10-12-11-9-7-5-3-1/h1-4H,5-12H2. The minimum atomic E-state index is 1.27. The van der Waals surface area contributed by atoms with Gasteiger partial charge in [0, 0.05) is 0 Å². The van der Waals surface area contributed by atoms with Crippen molar-refractivity contribution in [2.45, 2.75) is 51.4 Å². The van der Waals surface area contributed by atoms with Crippen LogP contribution in [0, 0.1) is 0 Å². The van der Waals surface area contributed by atoms with E-state index in [9.17, 15) is 0 Å². The average Bonchev–Trinajstić information content (AvgIpc) is 2.05. The summed E-state index contributed by atoms with van der Waals surface area (Å²) >= 11 is 0. The van der Waals surface area contributed by atoms with E-state index in [2.05, 4.69) is 24.3 Å². The smallest absolute Gasteiger partial charge is 0.0348 e. The Labute approximate surface area is 76.4 Å². The Hall–Kier alpha value is -0.520. The summed E-state index contributed by atoms with van der Waals surface area (Å²) in [5.41, 5.74) is 0. The van der Waals surface area contributed by atoms with Crippen molar-refractivity contribution < 1.29 is 0 Å². The molecule has 0 heteroatoms. The van der Waals surface area contributed by atoms with E-state index in [1.165, 1.54) is 51.4 Å². The normalized spacial score (nSPS) is 21.3. The van der Waals surface area contributed by atoms with E-state index in [-0.39, 0.29) is 0 Å². The van der Waals surface area contributed by atoms with Crippen LogP contribution in [-0.4, -0.2) is 0 Å². The van der Waals surface area contributed by atoms with Gasteiger partial charge in [-0.2, -0.15) is 0 Å². The lowest BCUT2D eigenvalue weighted by Gasteiger charge is -1.99. The van der Waals surface area contributed by atoms with E-state index >= 15 is 0 Å². The molecule has 0 spiro atoms. The Balaban J connectivity index is 2.21. The fourth-order valence-electron chi connectivity index (χ4n) is 1.58. The van der Waals surface area contributed by atoms with Gasteiger partial charge in [-0.15, -0.1) is 0 Å². The van der Waals surface area contributed by atoms with Gasteiger partial charge >= 0.3 is 0 Å². The Morgan fingerprint density at radius 2 is 0.917 bits per heavy atom. The van der Waals surface area contributed by atoms with Crippen molar-refractivity contribution in [3.05, 3.63) is 24.3 Å². The quantitative estimate of drug-likeness (QED) is 0.502. The predicted molar refractivity (Wildman–Crippen MR) is 55.2 cm³/mol. The Morgan fingerprint density at radius 3 is 1.42 bits per heavy atom. The van der Waals surface area contributed by atoms with Gasteiger partial charge in [0.05, 0.1) is 0 Å². The zero-order valence-corrected chi connectivity index (χ0v) is 7.97. The molecule has 0 nitrogen and oxygen atoms in total. The minimum absolute atomic E-state index is 1.27. The van der Waals surface area contributed by atoms with Crippen LogP contribution in [0.2, 0.25) is 0 Å². The second-order valence-corrected chi connectivity index (χ2v) is 3.55. The first kappa shape index (κ1) is 9.57. The highest BCUT2D eigenvalue weighted by Gasteiger charge is 1.90. The molecule has 0 aliphatic heterocycles. The van der Waals surface area contributed by atoms with Crippen LogP contribution in [0.25, 0.3) is 0 Å². The lowest BCUT2D eigenvalue weighted by molar-refractivity contribution is 0.599. The highest BCUT2D eigenvalue weighted by Crippen LogP contribution is 2.10. The summed E-state index contributed by atoms with van der Waals surface area (Å²) in [6.45, 7) is 0. The van der Waals surface area contributed by atoms with Crippen molar-refractivity contribution in [2.24, 2.45) is 0 Å². The molecule has 0 radical (unpaired) electrons. The predicted octanol–water partition coefficient (Wildman–Crippen LogP) is 4.23. The lowest BCUT2D eigenvalue weighted by Crippen LogP contribution is -1.80. The zero-order chi connectivity index (χ0) is 8.49. The third-order valence-electron chi connectivity index (χ3n) is 2.37. The van der Waals surface area contributed by atoms with E-state index in [1.54, 1.807) is 0 Å². The monoisotopic (exact) mass is 164 g/mol. The summed E-state index contributed by atoms with van der Waals surface area (Å²) in [7, 11) is 0. The molecule has 0 fully saturated rings. The maximum atomic E-state index is 2.29. The second-order valence-electron chi connectivity index (χ2n) is 3.55. The van der Waals surface area contributed by atoms with Crippen molar-refractivity contribution in [2.75, 3.05) is 0 Å². The number of hydrogen-bond acceptors (Lipinski definition) is 0. The van der Waals surface area contributed by atoms with Crippen molar-refractivity contribution in [3.8, 4) is 0 Å². The Kier molecular flexibility index (Phi) is 5.70.